The number of hydrogen-bond donors (Lipinski definition) is 0. The zero-order valence-electron chi connectivity index (χ0n) is 16.1. The van der Waals surface area contributed by atoms with Crippen LogP contribution in [0.2, 0.25) is 5.02 Å². The third-order valence-corrected chi connectivity index (χ3v) is 5.31. The van der Waals surface area contributed by atoms with E-state index in [0.717, 1.165) is 5.56 Å². The van der Waals surface area contributed by atoms with Crippen molar-refractivity contribution in [3.8, 4) is 16.9 Å². The van der Waals surface area contributed by atoms with Gasteiger partial charge in [-0.05, 0) is 31.2 Å². The van der Waals surface area contributed by atoms with Crippen molar-refractivity contribution in [3.05, 3.63) is 70.6 Å². The molecule has 1 saturated heterocycles. The number of ketones is 1. The van der Waals surface area contributed by atoms with Gasteiger partial charge in [0, 0.05) is 29.2 Å². The molecule has 0 atom stereocenters. The van der Waals surface area contributed by atoms with Crippen LogP contribution < -0.4 is 0 Å². The zero-order chi connectivity index (χ0) is 20.4. The topological polar surface area (TPSA) is 47.4 Å². The number of halogens is 2. The molecule has 1 aliphatic heterocycles. The Morgan fingerprint density at radius 2 is 1.83 bits per heavy atom. The highest BCUT2D eigenvalue weighted by molar-refractivity contribution is 6.30. The second-order valence-corrected chi connectivity index (χ2v) is 7.44. The first-order chi connectivity index (χ1) is 14.0. The van der Waals surface area contributed by atoms with Gasteiger partial charge >= 0.3 is 0 Å². The van der Waals surface area contributed by atoms with Crippen LogP contribution in [0.4, 0.5) is 4.39 Å². The molecule has 3 aromatic rings. The van der Waals surface area contributed by atoms with Crippen LogP contribution in [0.25, 0.3) is 16.9 Å². The van der Waals surface area contributed by atoms with Gasteiger partial charge in [-0.1, -0.05) is 35.9 Å². The van der Waals surface area contributed by atoms with E-state index in [1.54, 1.807) is 30.3 Å². The molecule has 0 radical (unpaired) electrons. The summed E-state index contributed by atoms with van der Waals surface area (Å²) in [6.45, 7) is 4.77. The van der Waals surface area contributed by atoms with E-state index in [2.05, 4.69) is 10.00 Å². The second kappa shape index (κ2) is 8.45. The number of carbonyl (C=O) groups is 1. The Bertz CT molecular complexity index is 1030. The van der Waals surface area contributed by atoms with Gasteiger partial charge in [0.05, 0.1) is 25.5 Å². The van der Waals surface area contributed by atoms with E-state index >= 15 is 0 Å². The predicted octanol–water partition coefficient (Wildman–Crippen LogP) is 4.16. The fourth-order valence-corrected chi connectivity index (χ4v) is 3.67. The number of para-hydroxylation sites is 1. The van der Waals surface area contributed by atoms with Gasteiger partial charge in [-0.2, -0.15) is 5.10 Å². The Balaban J connectivity index is 1.79. The number of rotatable bonds is 5. The van der Waals surface area contributed by atoms with Crippen molar-refractivity contribution in [3.63, 3.8) is 0 Å². The summed E-state index contributed by atoms with van der Waals surface area (Å²) in [5.41, 5.74) is 2.86. The van der Waals surface area contributed by atoms with Gasteiger partial charge in [-0.15, -0.1) is 0 Å². The van der Waals surface area contributed by atoms with E-state index < -0.39 is 5.82 Å². The van der Waals surface area contributed by atoms with E-state index in [1.807, 2.05) is 19.1 Å². The average Bonchev–Trinajstić information content (AvgIpc) is 3.07. The van der Waals surface area contributed by atoms with Gasteiger partial charge < -0.3 is 4.74 Å². The Morgan fingerprint density at radius 1 is 1.14 bits per heavy atom. The van der Waals surface area contributed by atoms with Crippen LogP contribution in [-0.4, -0.2) is 53.3 Å². The summed E-state index contributed by atoms with van der Waals surface area (Å²) in [7, 11) is 0. The van der Waals surface area contributed by atoms with Gasteiger partial charge in [-0.3, -0.25) is 9.69 Å². The number of ether oxygens (including phenoxy) is 1. The maximum Gasteiger partial charge on any atom is 0.197 e. The average molecular weight is 414 g/mol. The molecule has 1 aromatic heterocycles. The van der Waals surface area contributed by atoms with Crippen molar-refractivity contribution in [2.75, 3.05) is 32.8 Å². The molecule has 0 amide bonds. The highest BCUT2D eigenvalue weighted by atomic mass is 35.5. The second-order valence-electron chi connectivity index (χ2n) is 7.00. The van der Waals surface area contributed by atoms with E-state index in [1.165, 1.54) is 10.7 Å². The molecule has 1 fully saturated rings. The Morgan fingerprint density at radius 3 is 2.52 bits per heavy atom. The summed E-state index contributed by atoms with van der Waals surface area (Å²) in [4.78, 5) is 15.1. The first kappa shape index (κ1) is 19.8. The van der Waals surface area contributed by atoms with Crippen LogP contribution in [0, 0.1) is 12.7 Å². The fraction of sp³-hybridized carbons (Fsp3) is 0.273. The Labute approximate surface area is 173 Å². The Hall–Kier alpha value is -2.54. The van der Waals surface area contributed by atoms with E-state index in [0.29, 0.717) is 54.0 Å². The van der Waals surface area contributed by atoms with Gasteiger partial charge in [-0.25, -0.2) is 9.07 Å². The molecule has 0 spiro atoms. The lowest BCUT2D eigenvalue weighted by Crippen LogP contribution is -2.39. The molecule has 1 aliphatic rings. The molecule has 0 bridgehead atoms. The maximum absolute atomic E-state index is 14.6. The standard InChI is InChI=1S/C22H21ClFN3O2/c1-15-21(20(28)14-26-10-12-29-13-11-26)25-27(19-5-3-2-4-18(19)24)22(15)16-6-8-17(23)9-7-16/h2-9H,10-14H2,1H3. The normalized spacial score (nSPS) is 14.9. The predicted molar refractivity (Wildman–Crippen MR) is 110 cm³/mol. The van der Waals surface area contributed by atoms with E-state index in [-0.39, 0.29) is 12.3 Å². The molecule has 2 aromatic carbocycles. The van der Waals surface area contributed by atoms with Crippen LogP contribution in [0.15, 0.2) is 48.5 Å². The van der Waals surface area contributed by atoms with Crippen LogP contribution in [-0.2, 0) is 4.74 Å². The molecule has 0 N–H and O–H groups in total. The summed E-state index contributed by atoms with van der Waals surface area (Å²) >= 11 is 6.03. The number of nitrogens with zero attached hydrogens (tertiary/aromatic N) is 3. The minimum atomic E-state index is -0.405. The van der Waals surface area contributed by atoms with Crippen molar-refractivity contribution in [2.45, 2.75) is 6.92 Å². The summed E-state index contributed by atoms with van der Waals surface area (Å²) in [5, 5.41) is 5.14. The summed E-state index contributed by atoms with van der Waals surface area (Å²) < 4.78 is 21.4. The quantitative estimate of drug-likeness (QED) is 0.589. The van der Waals surface area contributed by atoms with Crippen LogP contribution in [0.3, 0.4) is 0 Å². The number of hydrogen-bond acceptors (Lipinski definition) is 4. The minimum Gasteiger partial charge on any atom is -0.379 e. The maximum atomic E-state index is 14.6. The molecule has 2 heterocycles. The molecule has 0 aliphatic carbocycles. The van der Waals surface area contributed by atoms with Crippen molar-refractivity contribution in [1.29, 1.82) is 0 Å². The molecular weight excluding hydrogens is 393 g/mol. The highest BCUT2D eigenvalue weighted by Crippen LogP contribution is 2.30. The van der Waals surface area contributed by atoms with Crippen molar-refractivity contribution in [1.82, 2.24) is 14.7 Å². The number of aromatic nitrogens is 2. The molecule has 29 heavy (non-hydrogen) atoms. The highest BCUT2D eigenvalue weighted by Gasteiger charge is 2.25. The van der Waals surface area contributed by atoms with Crippen LogP contribution in [0.5, 0.6) is 0 Å². The molecule has 7 heteroatoms. The molecule has 0 unspecified atom stereocenters. The van der Waals surface area contributed by atoms with Gasteiger partial charge in [0.1, 0.15) is 17.2 Å². The van der Waals surface area contributed by atoms with E-state index in [9.17, 15) is 9.18 Å². The fourth-order valence-electron chi connectivity index (χ4n) is 3.54. The third kappa shape index (κ3) is 4.10. The number of morpholine rings is 1. The largest absolute Gasteiger partial charge is 0.379 e. The number of benzene rings is 2. The Kier molecular flexibility index (Phi) is 5.76. The number of Topliss-reactive ketones (excluding diaryl/α,β-unsaturated/α-hetero) is 1. The first-order valence-electron chi connectivity index (χ1n) is 9.48. The van der Waals surface area contributed by atoms with Crippen LogP contribution in [0.1, 0.15) is 16.1 Å². The lowest BCUT2D eigenvalue weighted by Gasteiger charge is -2.25. The van der Waals surface area contributed by atoms with Gasteiger partial charge in [0.2, 0.25) is 0 Å². The lowest BCUT2D eigenvalue weighted by molar-refractivity contribution is 0.0370. The van der Waals surface area contributed by atoms with Crippen molar-refractivity contribution in [2.24, 2.45) is 0 Å². The molecule has 0 saturated carbocycles. The van der Waals surface area contributed by atoms with Crippen molar-refractivity contribution >= 4 is 17.4 Å². The third-order valence-electron chi connectivity index (χ3n) is 5.06. The summed E-state index contributed by atoms with van der Waals surface area (Å²) in [5.74, 6) is -0.493. The monoisotopic (exact) mass is 413 g/mol. The first-order valence-corrected chi connectivity index (χ1v) is 9.86. The molecule has 5 nitrogen and oxygen atoms in total. The van der Waals surface area contributed by atoms with E-state index in [4.69, 9.17) is 16.3 Å². The lowest BCUT2D eigenvalue weighted by atomic mass is 10.0. The van der Waals surface area contributed by atoms with Gasteiger partial charge in [0.25, 0.3) is 0 Å². The van der Waals surface area contributed by atoms with Crippen LogP contribution >= 0.6 is 11.6 Å². The van der Waals surface area contributed by atoms with Crippen molar-refractivity contribution < 1.29 is 13.9 Å². The molecule has 4 rings (SSSR count). The summed E-state index contributed by atoms with van der Waals surface area (Å²) in [6, 6.07) is 13.6. The zero-order valence-corrected chi connectivity index (χ0v) is 16.8. The number of carbonyl (C=O) groups excluding carboxylic acids is 1. The minimum absolute atomic E-state index is 0.0882. The smallest absolute Gasteiger partial charge is 0.197 e. The molecule has 150 valence electrons. The van der Waals surface area contributed by atoms with Gasteiger partial charge in [0.15, 0.2) is 5.78 Å². The summed E-state index contributed by atoms with van der Waals surface area (Å²) in [6.07, 6.45) is 0. The SMILES string of the molecule is Cc1c(C(=O)CN2CCOCC2)nn(-c2ccccc2F)c1-c1ccc(Cl)cc1. The molecular formula is C22H21ClFN3O2.